The Kier molecular flexibility index (Phi) is 4.50. The van der Waals surface area contributed by atoms with Gasteiger partial charge in [-0.05, 0) is 74.1 Å². The molecule has 2 amide bonds. The molecular weight excluding hydrogens is 425 g/mol. The van der Waals surface area contributed by atoms with Gasteiger partial charge in [0.25, 0.3) is 0 Å². The highest BCUT2D eigenvalue weighted by Gasteiger charge is 2.70. The summed E-state index contributed by atoms with van der Waals surface area (Å²) >= 11 is 0. The Morgan fingerprint density at radius 2 is 1.88 bits per heavy atom. The van der Waals surface area contributed by atoms with Gasteiger partial charge in [-0.2, -0.15) is 0 Å². The lowest BCUT2D eigenvalue weighted by Crippen LogP contribution is -2.84. The second-order valence-corrected chi connectivity index (χ2v) is 10.7. The van der Waals surface area contributed by atoms with E-state index >= 15 is 0 Å². The number of nitrogens with one attached hydrogen (secondary N) is 2. The van der Waals surface area contributed by atoms with Crippen LogP contribution in [0.25, 0.3) is 10.9 Å². The maximum atomic E-state index is 13.7. The van der Waals surface area contributed by atoms with Gasteiger partial charge in [0, 0.05) is 28.6 Å². The molecule has 7 rings (SSSR count). The Balaban J connectivity index is 1.01. The quantitative estimate of drug-likeness (QED) is 0.597. The molecular formula is C25H28FN3O4. The minimum absolute atomic E-state index is 0.0474. The monoisotopic (exact) mass is 453 g/mol. The lowest BCUT2D eigenvalue weighted by Gasteiger charge is -2.70. The van der Waals surface area contributed by atoms with E-state index in [2.05, 4.69) is 15.6 Å². The van der Waals surface area contributed by atoms with Crippen LogP contribution in [0, 0.1) is 29.5 Å². The number of nitrogens with zero attached hydrogens (tertiary/aromatic N) is 1. The molecule has 5 atom stereocenters. The summed E-state index contributed by atoms with van der Waals surface area (Å²) < 4.78 is 19.9. The number of rotatable bonds is 7. The summed E-state index contributed by atoms with van der Waals surface area (Å²) in [5.41, 5.74) is 0.310. The third-order valence-electron chi connectivity index (χ3n) is 8.38. The number of fused-ring (bicyclic) bond motifs is 2. The molecule has 2 bridgehead atoms. The van der Waals surface area contributed by atoms with Crippen molar-refractivity contribution >= 4 is 22.7 Å². The van der Waals surface area contributed by atoms with Crippen molar-refractivity contribution in [3.8, 4) is 5.75 Å². The van der Waals surface area contributed by atoms with Gasteiger partial charge in [-0.25, -0.2) is 4.39 Å². The van der Waals surface area contributed by atoms with Gasteiger partial charge in [-0.15, -0.1) is 0 Å². The second-order valence-electron chi connectivity index (χ2n) is 10.7. The lowest BCUT2D eigenvalue weighted by molar-refractivity contribution is -0.153. The lowest BCUT2D eigenvalue weighted by atomic mass is 9.44. The van der Waals surface area contributed by atoms with Crippen LogP contribution in [0.4, 0.5) is 4.39 Å². The van der Waals surface area contributed by atoms with Crippen LogP contribution in [0.5, 0.6) is 5.75 Å². The molecule has 7 nitrogen and oxygen atoms in total. The first-order valence-corrected chi connectivity index (χ1v) is 11.8. The van der Waals surface area contributed by atoms with Crippen molar-refractivity contribution < 1.29 is 23.8 Å². The van der Waals surface area contributed by atoms with Crippen LogP contribution < -0.4 is 15.4 Å². The summed E-state index contributed by atoms with van der Waals surface area (Å²) in [7, 11) is 0. The minimum atomic E-state index is -0.498. The molecule has 1 aromatic carbocycles. The highest BCUT2D eigenvalue weighted by atomic mass is 19.1. The predicted octanol–water partition coefficient (Wildman–Crippen LogP) is 2.31. The van der Waals surface area contributed by atoms with E-state index in [4.69, 9.17) is 9.84 Å². The fourth-order valence-corrected chi connectivity index (χ4v) is 6.99. The van der Waals surface area contributed by atoms with Crippen LogP contribution in [0.3, 0.4) is 0 Å². The number of ether oxygens (including phenoxy) is 1. The third-order valence-corrected chi connectivity index (χ3v) is 8.38. The Morgan fingerprint density at radius 1 is 1.18 bits per heavy atom. The molecule has 1 aromatic heterocycles. The van der Waals surface area contributed by atoms with Crippen molar-refractivity contribution in [3.05, 3.63) is 36.3 Å². The summed E-state index contributed by atoms with van der Waals surface area (Å²) in [6, 6.07) is 6.32. The smallest absolute Gasteiger partial charge is 0.246 e. The standard InChI is InChI=1S/C25H28FN3O4/c1-13(23(32)29-25-10-24(11-25,12-25)28-21(31)9-30)22-16-7-15(8-17(16)22)33-20-4-5-27-19-3-2-14(26)6-18(19)20/h2-6,13,15-17,22,30H,7-12H2,1H3,(H,28,31)(H,29,32)/t13?,15-,16-,17+,22-,24?,25?. The summed E-state index contributed by atoms with van der Waals surface area (Å²) in [6.07, 6.45) is 5.83. The number of hydrogen-bond acceptors (Lipinski definition) is 5. The molecule has 33 heavy (non-hydrogen) atoms. The van der Waals surface area contributed by atoms with E-state index in [1.807, 2.05) is 6.92 Å². The molecule has 3 N–H and O–H groups in total. The molecule has 8 heteroatoms. The molecule has 1 unspecified atom stereocenters. The number of carbonyl (C=O) groups is 2. The van der Waals surface area contributed by atoms with Crippen molar-refractivity contribution in [1.82, 2.24) is 15.6 Å². The van der Waals surface area contributed by atoms with Gasteiger partial charge < -0.3 is 20.5 Å². The summed E-state index contributed by atoms with van der Waals surface area (Å²) in [5.74, 6) is 1.42. The molecule has 0 spiro atoms. The fourth-order valence-electron chi connectivity index (χ4n) is 6.99. The number of aliphatic hydroxyl groups is 1. The first-order chi connectivity index (χ1) is 15.8. The number of aromatic nitrogens is 1. The Morgan fingerprint density at radius 3 is 2.58 bits per heavy atom. The molecule has 0 aliphatic heterocycles. The number of amides is 2. The van der Waals surface area contributed by atoms with E-state index in [9.17, 15) is 14.0 Å². The number of carbonyl (C=O) groups excluding carboxylic acids is 2. The van der Waals surface area contributed by atoms with E-state index in [0.717, 1.165) is 32.1 Å². The first-order valence-electron chi connectivity index (χ1n) is 11.8. The van der Waals surface area contributed by atoms with Crippen molar-refractivity contribution in [3.63, 3.8) is 0 Å². The van der Waals surface area contributed by atoms with Gasteiger partial charge in [0.15, 0.2) is 0 Å². The Hall–Kier alpha value is -2.74. The van der Waals surface area contributed by atoms with Crippen molar-refractivity contribution in [2.45, 2.75) is 56.2 Å². The zero-order valence-corrected chi connectivity index (χ0v) is 18.5. The zero-order chi connectivity index (χ0) is 23.0. The number of halogens is 1. The van der Waals surface area contributed by atoms with Gasteiger partial charge in [0.1, 0.15) is 18.2 Å². The Labute approximate surface area is 191 Å². The predicted molar refractivity (Wildman–Crippen MR) is 118 cm³/mol. The van der Waals surface area contributed by atoms with Crippen LogP contribution in [-0.2, 0) is 9.59 Å². The molecule has 5 saturated carbocycles. The third kappa shape index (κ3) is 3.38. The first kappa shape index (κ1) is 20.8. The highest BCUT2D eigenvalue weighted by Crippen LogP contribution is 2.63. The molecule has 174 valence electrons. The largest absolute Gasteiger partial charge is 0.490 e. The molecule has 2 aromatic rings. The summed E-state index contributed by atoms with van der Waals surface area (Å²) in [5, 5.41) is 15.7. The van der Waals surface area contributed by atoms with Crippen LogP contribution >= 0.6 is 0 Å². The average Bonchev–Trinajstić information content (AvgIpc) is 3.25. The topological polar surface area (TPSA) is 101 Å². The van der Waals surface area contributed by atoms with Gasteiger partial charge in [-0.3, -0.25) is 14.6 Å². The Bertz CT molecular complexity index is 1120. The van der Waals surface area contributed by atoms with Crippen LogP contribution in [0.2, 0.25) is 0 Å². The maximum absolute atomic E-state index is 13.7. The van der Waals surface area contributed by atoms with Gasteiger partial charge in [-0.1, -0.05) is 6.92 Å². The number of hydrogen-bond donors (Lipinski definition) is 3. The summed E-state index contributed by atoms with van der Waals surface area (Å²) in [6.45, 7) is 1.52. The van der Waals surface area contributed by atoms with Gasteiger partial charge in [0.05, 0.1) is 11.6 Å². The van der Waals surface area contributed by atoms with Crippen LogP contribution in [-0.4, -0.2) is 45.7 Å². The number of pyridine rings is 1. The minimum Gasteiger partial charge on any atom is -0.490 e. The molecule has 1 heterocycles. The zero-order valence-electron chi connectivity index (χ0n) is 18.5. The van der Waals surface area contributed by atoms with E-state index in [1.165, 1.54) is 12.1 Å². The van der Waals surface area contributed by atoms with Crippen molar-refractivity contribution in [2.75, 3.05) is 6.61 Å². The normalized spacial score (nSPS) is 36.2. The maximum Gasteiger partial charge on any atom is 0.246 e. The summed E-state index contributed by atoms with van der Waals surface area (Å²) in [4.78, 5) is 28.6. The second kappa shape index (κ2) is 7.13. The SMILES string of the molecule is CC(C(=O)NC12CC(NC(=O)CO)(C1)C2)[C@@H]1[C@@H]2C[C@@H](Oc3ccnc4ccc(F)cc34)C[C@@H]21. The van der Waals surface area contributed by atoms with Crippen molar-refractivity contribution in [2.24, 2.45) is 23.7 Å². The average molecular weight is 454 g/mol. The molecule has 5 aliphatic carbocycles. The van der Waals surface area contributed by atoms with E-state index in [0.29, 0.717) is 34.4 Å². The molecule has 0 saturated heterocycles. The molecule has 5 aliphatic rings. The van der Waals surface area contributed by atoms with Crippen LogP contribution in [0.1, 0.15) is 39.0 Å². The molecule has 0 radical (unpaired) electrons. The van der Waals surface area contributed by atoms with Gasteiger partial charge in [0.2, 0.25) is 11.8 Å². The number of benzene rings is 1. The number of aliphatic hydroxyl groups excluding tert-OH is 1. The highest BCUT2D eigenvalue weighted by molar-refractivity contribution is 5.85. The molecule has 5 fully saturated rings. The van der Waals surface area contributed by atoms with E-state index < -0.39 is 6.61 Å². The van der Waals surface area contributed by atoms with E-state index in [1.54, 1.807) is 18.3 Å². The van der Waals surface area contributed by atoms with Gasteiger partial charge >= 0.3 is 0 Å². The van der Waals surface area contributed by atoms with Crippen LogP contribution in [0.15, 0.2) is 30.5 Å². The van der Waals surface area contributed by atoms with Crippen molar-refractivity contribution in [1.29, 1.82) is 0 Å². The fraction of sp³-hybridized carbons (Fsp3) is 0.560. The van der Waals surface area contributed by atoms with E-state index in [-0.39, 0.29) is 40.7 Å².